The van der Waals surface area contributed by atoms with Crippen LogP contribution in [0.3, 0.4) is 0 Å². The number of fused-ring (bicyclic) bond motifs is 1. The summed E-state index contributed by atoms with van der Waals surface area (Å²) in [6.45, 7) is 2.04. The number of ether oxygens (including phenoxy) is 1. The molecule has 1 N–H and O–H groups in total. The standard InChI is InChI=1S/C23H22ClF3N2O3S/c24-17-3-1-15(12-21(30)31)11-19(17)32-10-7-14-5-8-29(9-6-14)22-28-18-4-2-16(23(25,26)27)13-20(18)33-22/h1-4,11,13-14H,5-10,12H2,(H,30,31). The van der Waals surface area contributed by atoms with E-state index in [4.69, 9.17) is 21.4 Å². The predicted molar refractivity (Wildman–Crippen MR) is 122 cm³/mol. The predicted octanol–water partition coefficient (Wildman–Crippen LogP) is 6.28. The van der Waals surface area contributed by atoms with E-state index in [0.29, 0.717) is 39.1 Å². The number of halogens is 4. The minimum absolute atomic E-state index is 0.0880. The summed E-state index contributed by atoms with van der Waals surface area (Å²) >= 11 is 7.45. The molecule has 4 rings (SSSR count). The van der Waals surface area contributed by atoms with E-state index in [9.17, 15) is 18.0 Å². The number of alkyl halides is 3. The number of aliphatic carboxylic acids is 1. The Morgan fingerprint density at radius 3 is 2.67 bits per heavy atom. The van der Waals surface area contributed by atoms with Gasteiger partial charge in [0.2, 0.25) is 0 Å². The summed E-state index contributed by atoms with van der Waals surface area (Å²) in [5, 5.41) is 10.1. The van der Waals surface area contributed by atoms with E-state index in [0.717, 1.165) is 49.6 Å². The molecule has 0 amide bonds. The molecule has 2 heterocycles. The molecule has 0 atom stereocenters. The van der Waals surface area contributed by atoms with Gasteiger partial charge in [0.05, 0.1) is 33.8 Å². The van der Waals surface area contributed by atoms with Gasteiger partial charge in [-0.25, -0.2) is 4.98 Å². The van der Waals surface area contributed by atoms with E-state index in [-0.39, 0.29) is 6.42 Å². The van der Waals surface area contributed by atoms with E-state index < -0.39 is 17.7 Å². The number of hydrogen-bond donors (Lipinski definition) is 1. The Morgan fingerprint density at radius 2 is 1.97 bits per heavy atom. The quantitative estimate of drug-likeness (QED) is 0.415. The van der Waals surface area contributed by atoms with Gasteiger partial charge in [-0.2, -0.15) is 13.2 Å². The molecule has 1 fully saturated rings. The zero-order valence-corrected chi connectivity index (χ0v) is 19.1. The van der Waals surface area contributed by atoms with Crippen LogP contribution in [0.25, 0.3) is 10.2 Å². The minimum atomic E-state index is -4.36. The van der Waals surface area contributed by atoms with Crippen molar-refractivity contribution < 1.29 is 27.8 Å². The van der Waals surface area contributed by atoms with Crippen LogP contribution in [0.15, 0.2) is 36.4 Å². The summed E-state index contributed by atoms with van der Waals surface area (Å²) in [4.78, 5) is 17.5. The van der Waals surface area contributed by atoms with Gasteiger partial charge >= 0.3 is 12.1 Å². The highest BCUT2D eigenvalue weighted by atomic mass is 35.5. The van der Waals surface area contributed by atoms with Crippen LogP contribution in [-0.4, -0.2) is 35.8 Å². The molecular formula is C23H22ClF3N2O3S. The van der Waals surface area contributed by atoms with Crippen LogP contribution < -0.4 is 9.64 Å². The number of carbonyl (C=O) groups is 1. The zero-order valence-electron chi connectivity index (χ0n) is 17.6. The molecule has 0 bridgehead atoms. The first-order chi connectivity index (χ1) is 15.7. The van der Waals surface area contributed by atoms with E-state index in [1.54, 1.807) is 18.2 Å². The fourth-order valence-electron chi connectivity index (χ4n) is 3.92. The topological polar surface area (TPSA) is 62.7 Å². The number of benzene rings is 2. The molecule has 0 aliphatic carbocycles. The molecule has 0 unspecified atom stereocenters. The SMILES string of the molecule is O=C(O)Cc1ccc(Cl)c(OCCC2CCN(c3nc4ccc(C(F)(F)F)cc4s3)CC2)c1. The van der Waals surface area contributed by atoms with Gasteiger partial charge in [0.25, 0.3) is 0 Å². The minimum Gasteiger partial charge on any atom is -0.492 e. The van der Waals surface area contributed by atoms with Gasteiger partial charge < -0.3 is 14.7 Å². The van der Waals surface area contributed by atoms with Crippen molar-refractivity contribution in [2.75, 3.05) is 24.6 Å². The van der Waals surface area contributed by atoms with Crippen molar-refractivity contribution in [1.82, 2.24) is 4.98 Å². The summed E-state index contributed by atoms with van der Waals surface area (Å²) in [6.07, 6.45) is -1.75. The lowest BCUT2D eigenvalue weighted by molar-refractivity contribution is -0.138. The zero-order chi connectivity index (χ0) is 23.6. The number of rotatable bonds is 7. The molecule has 1 aliphatic rings. The highest BCUT2D eigenvalue weighted by molar-refractivity contribution is 7.22. The average molecular weight is 499 g/mol. The van der Waals surface area contributed by atoms with E-state index in [1.807, 2.05) is 0 Å². The first-order valence-electron chi connectivity index (χ1n) is 10.5. The Labute approximate surface area is 197 Å². The molecule has 0 spiro atoms. The van der Waals surface area contributed by atoms with Gasteiger partial charge in [-0.15, -0.1) is 0 Å². The van der Waals surface area contributed by atoms with Gasteiger partial charge in [0.1, 0.15) is 5.75 Å². The third kappa shape index (κ3) is 5.89. The summed E-state index contributed by atoms with van der Waals surface area (Å²) in [5.41, 5.74) is 0.562. The molecule has 1 saturated heterocycles. The molecule has 33 heavy (non-hydrogen) atoms. The van der Waals surface area contributed by atoms with Gasteiger partial charge in [-0.1, -0.05) is 29.0 Å². The molecule has 0 saturated carbocycles. The molecule has 5 nitrogen and oxygen atoms in total. The lowest BCUT2D eigenvalue weighted by atomic mass is 9.94. The van der Waals surface area contributed by atoms with Crippen LogP contribution in [0.4, 0.5) is 18.3 Å². The second kappa shape index (κ2) is 9.77. The normalized spacial score (nSPS) is 15.2. The number of carboxylic acids is 1. The summed E-state index contributed by atoms with van der Waals surface area (Å²) in [6, 6.07) is 8.64. The highest BCUT2D eigenvalue weighted by Gasteiger charge is 2.31. The van der Waals surface area contributed by atoms with Crippen LogP contribution in [0.1, 0.15) is 30.4 Å². The van der Waals surface area contributed by atoms with Gasteiger partial charge in [-0.05, 0) is 61.1 Å². The molecule has 176 valence electrons. The fraction of sp³-hybridized carbons (Fsp3) is 0.391. The Bertz CT molecular complexity index is 1140. The van der Waals surface area contributed by atoms with E-state index in [1.165, 1.54) is 17.4 Å². The Hall–Kier alpha value is -2.52. The summed E-state index contributed by atoms with van der Waals surface area (Å²) in [5.74, 6) is 0.0259. The highest BCUT2D eigenvalue weighted by Crippen LogP contribution is 2.36. The second-order valence-electron chi connectivity index (χ2n) is 8.08. The number of aromatic nitrogens is 1. The summed E-state index contributed by atoms with van der Waals surface area (Å²) in [7, 11) is 0. The molecular weight excluding hydrogens is 477 g/mol. The van der Waals surface area contributed by atoms with Crippen molar-refractivity contribution in [3.05, 3.63) is 52.5 Å². The van der Waals surface area contributed by atoms with Crippen LogP contribution in [-0.2, 0) is 17.4 Å². The van der Waals surface area contributed by atoms with Gasteiger partial charge in [-0.3, -0.25) is 4.79 Å². The van der Waals surface area contributed by atoms with E-state index in [2.05, 4.69) is 9.88 Å². The smallest absolute Gasteiger partial charge is 0.416 e. The Balaban J connectivity index is 1.29. The van der Waals surface area contributed by atoms with E-state index >= 15 is 0 Å². The van der Waals surface area contributed by atoms with Crippen LogP contribution in [0.2, 0.25) is 5.02 Å². The molecule has 1 aromatic heterocycles. The van der Waals surface area contributed by atoms with Crippen molar-refractivity contribution in [1.29, 1.82) is 0 Å². The van der Waals surface area contributed by atoms with Crippen LogP contribution in [0.5, 0.6) is 5.75 Å². The number of nitrogens with zero attached hydrogens (tertiary/aromatic N) is 2. The number of hydrogen-bond acceptors (Lipinski definition) is 5. The third-order valence-electron chi connectivity index (χ3n) is 5.72. The van der Waals surface area contributed by atoms with Crippen molar-refractivity contribution in [3.63, 3.8) is 0 Å². The monoisotopic (exact) mass is 498 g/mol. The lowest BCUT2D eigenvalue weighted by Crippen LogP contribution is -2.34. The molecule has 3 aromatic rings. The Morgan fingerprint density at radius 1 is 1.21 bits per heavy atom. The third-order valence-corrected chi connectivity index (χ3v) is 7.12. The maximum absolute atomic E-state index is 13.0. The number of piperidine rings is 1. The van der Waals surface area contributed by atoms with Crippen LogP contribution >= 0.6 is 22.9 Å². The lowest BCUT2D eigenvalue weighted by Gasteiger charge is -2.31. The molecule has 2 aromatic carbocycles. The van der Waals surface area contributed by atoms with Crippen molar-refractivity contribution >= 4 is 44.3 Å². The van der Waals surface area contributed by atoms with Crippen molar-refractivity contribution in [2.24, 2.45) is 5.92 Å². The van der Waals surface area contributed by atoms with Gasteiger partial charge in [0.15, 0.2) is 5.13 Å². The first-order valence-corrected chi connectivity index (χ1v) is 11.7. The average Bonchev–Trinajstić information content (AvgIpc) is 3.19. The fourth-order valence-corrected chi connectivity index (χ4v) is 5.14. The molecule has 0 radical (unpaired) electrons. The van der Waals surface area contributed by atoms with Crippen molar-refractivity contribution in [3.8, 4) is 5.75 Å². The largest absolute Gasteiger partial charge is 0.492 e. The molecule has 1 aliphatic heterocycles. The number of thiazole rings is 1. The first kappa shape index (κ1) is 23.6. The molecule has 10 heteroatoms. The van der Waals surface area contributed by atoms with Crippen molar-refractivity contribution in [2.45, 2.75) is 31.9 Å². The second-order valence-corrected chi connectivity index (χ2v) is 9.50. The Kier molecular flexibility index (Phi) is 6.99. The maximum Gasteiger partial charge on any atom is 0.416 e. The maximum atomic E-state index is 13.0. The number of anilines is 1. The van der Waals surface area contributed by atoms with Crippen LogP contribution in [0, 0.1) is 5.92 Å². The number of carboxylic acid groups (broad SMARTS) is 1. The summed E-state index contributed by atoms with van der Waals surface area (Å²) < 4.78 is 45.2. The van der Waals surface area contributed by atoms with Gasteiger partial charge in [0, 0.05) is 13.1 Å².